The molecule has 212 valence electrons. The molecule has 0 saturated carbocycles. The number of halogens is 3. The second kappa shape index (κ2) is 11.2. The standard InChI is InChI=1S/C30H38F3N3O3/c1-21-19-36(27(38)39-28(2,3)4)18-17-35(21)16-10-9-15-29(26(37)34-20-30(31,32)33)24-13-7-5-11-22(24)23-12-6-8-14-25(23)29/h5-8,11-14,21H,9-10,15-20H2,1-4H3,(H,34,37)/t21-/m1/s1. The fourth-order valence-electron chi connectivity index (χ4n) is 5.81. The second-order valence-corrected chi connectivity index (χ2v) is 11.6. The van der Waals surface area contributed by atoms with Crippen molar-refractivity contribution in [1.82, 2.24) is 15.1 Å². The minimum atomic E-state index is -4.49. The van der Waals surface area contributed by atoms with E-state index in [0.29, 0.717) is 32.5 Å². The van der Waals surface area contributed by atoms with Crippen molar-refractivity contribution in [1.29, 1.82) is 0 Å². The highest BCUT2D eigenvalue weighted by atomic mass is 19.4. The van der Waals surface area contributed by atoms with Crippen molar-refractivity contribution in [3.05, 3.63) is 59.7 Å². The van der Waals surface area contributed by atoms with E-state index in [1.54, 1.807) is 4.90 Å². The summed E-state index contributed by atoms with van der Waals surface area (Å²) in [5.41, 5.74) is 1.57. The van der Waals surface area contributed by atoms with Gasteiger partial charge in [0.2, 0.25) is 5.91 Å². The van der Waals surface area contributed by atoms with Crippen molar-refractivity contribution in [2.75, 3.05) is 32.7 Å². The third kappa shape index (κ3) is 6.40. The zero-order valence-electron chi connectivity index (χ0n) is 23.1. The Kier molecular flexibility index (Phi) is 8.30. The van der Waals surface area contributed by atoms with Crippen molar-refractivity contribution in [3.8, 4) is 11.1 Å². The topological polar surface area (TPSA) is 61.9 Å². The molecular weight excluding hydrogens is 507 g/mol. The molecule has 4 rings (SSSR count). The number of piperazine rings is 1. The van der Waals surface area contributed by atoms with Crippen LogP contribution < -0.4 is 5.32 Å². The van der Waals surface area contributed by atoms with Crippen molar-refractivity contribution < 1.29 is 27.5 Å². The van der Waals surface area contributed by atoms with E-state index in [4.69, 9.17) is 4.74 Å². The molecule has 2 amide bonds. The molecule has 1 N–H and O–H groups in total. The Balaban J connectivity index is 1.45. The van der Waals surface area contributed by atoms with Crippen LogP contribution in [0.1, 0.15) is 58.1 Å². The maximum absolute atomic E-state index is 13.6. The number of nitrogens with one attached hydrogen (secondary N) is 1. The molecule has 1 aliphatic heterocycles. The van der Waals surface area contributed by atoms with E-state index < -0.39 is 29.6 Å². The number of ether oxygens (including phenoxy) is 1. The quantitative estimate of drug-likeness (QED) is 0.451. The minimum Gasteiger partial charge on any atom is -0.444 e. The second-order valence-electron chi connectivity index (χ2n) is 11.6. The van der Waals surface area contributed by atoms with Crippen LogP contribution in [0.5, 0.6) is 0 Å². The molecule has 1 atom stereocenters. The maximum atomic E-state index is 13.6. The predicted octanol–water partition coefficient (Wildman–Crippen LogP) is 5.74. The molecule has 0 radical (unpaired) electrons. The lowest BCUT2D eigenvalue weighted by molar-refractivity contribution is -0.141. The highest BCUT2D eigenvalue weighted by Gasteiger charge is 2.49. The summed E-state index contributed by atoms with van der Waals surface area (Å²) in [6.45, 7) is 8.88. The summed E-state index contributed by atoms with van der Waals surface area (Å²) in [6.07, 6.45) is -2.97. The van der Waals surface area contributed by atoms with E-state index >= 15 is 0 Å². The van der Waals surface area contributed by atoms with Gasteiger partial charge in [-0.25, -0.2) is 4.79 Å². The molecule has 9 heteroatoms. The normalized spacial score (nSPS) is 18.8. The molecule has 1 aliphatic carbocycles. The Bertz CT molecular complexity index is 1150. The molecule has 1 fully saturated rings. The smallest absolute Gasteiger partial charge is 0.410 e. The Morgan fingerprint density at radius 1 is 0.974 bits per heavy atom. The Morgan fingerprint density at radius 3 is 2.10 bits per heavy atom. The lowest BCUT2D eigenvalue weighted by atomic mass is 9.73. The number of carbonyl (C=O) groups is 2. The molecule has 1 saturated heterocycles. The molecule has 2 aliphatic rings. The van der Waals surface area contributed by atoms with Crippen LogP contribution in [0.25, 0.3) is 11.1 Å². The molecular formula is C30H38F3N3O3. The van der Waals surface area contributed by atoms with E-state index in [9.17, 15) is 22.8 Å². The first kappa shape index (κ1) is 28.9. The molecule has 0 spiro atoms. The van der Waals surface area contributed by atoms with E-state index in [1.165, 1.54) is 0 Å². The van der Waals surface area contributed by atoms with Gasteiger partial charge < -0.3 is 15.0 Å². The van der Waals surface area contributed by atoms with Crippen LogP contribution >= 0.6 is 0 Å². The number of unbranched alkanes of at least 4 members (excludes halogenated alkanes) is 1. The van der Waals surface area contributed by atoms with Gasteiger partial charge in [0.1, 0.15) is 17.6 Å². The monoisotopic (exact) mass is 545 g/mol. The summed E-state index contributed by atoms with van der Waals surface area (Å²) in [6, 6.07) is 15.2. The van der Waals surface area contributed by atoms with E-state index in [1.807, 2.05) is 69.3 Å². The number of alkyl halides is 3. The van der Waals surface area contributed by atoms with Gasteiger partial charge >= 0.3 is 12.3 Å². The van der Waals surface area contributed by atoms with Crippen molar-refractivity contribution in [2.45, 2.75) is 70.2 Å². The Hall–Kier alpha value is -3.07. The lowest BCUT2D eigenvalue weighted by Crippen LogP contribution is -2.54. The summed E-state index contributed by atoms with van der Waals surface area (Å²) in [5.74, 6) is -0.614. The van der Waals surface area contributed by atoms with Crippen LogP contribution in [0.2, 0.25) is 0 Å². The highest BCUT2D eigenvalue weighted by Crippen LogP contribution is 2.51. The number of amides is 2. The van der Waals surface area contributed by atoms with E-state index in [2.05, 4.69) is 17.1 Å². The zero-order chi connectivity index (χ0) is 28.4. The van der Waals surface area contributed by atoms with E-state index in [0.717, 1.165) is 35.2 Å². The lowest BCUT2D eigenvalue weighted by Gasteiger charge is -2.40. The molecule has 2 aromatic rings. The van der Waals surface area contributed by atoms with Gasteiger partial charge in [-0.05, 0) is 69.3 Å². The van der Waals surface area contributed by atoms with Crippen molar-refractivity contribution in [3.63, 3.8) is 0 Å². The molecule has 0 bridgehead atoms. The van der Waals surface area contributed by atoms with Gasteiger partial charge in [0, 0.05) is 25.7 Å². The molecule has 6 nitrogen and oxygen atoms in total. The van der Waals surface area contributed by atoms with Gasteiger partial charge in [0.05, 0.1) is 0 Å². The minimum absolute atomic E-state index is 0.142. The average Bonchev–Trinajstić information content (AvgIpc) is 3.15. The summed E-state index contributed by atoms with van der Waals surface area (Å²) in [5, 5.41) is 2.19. The first-order valence-electron chi connectivity index (χ1n) is 13.6. The number of nitrogens with zero attached hydrogens (tertiary/aromatic N) is 2. The summed E-state index contributed by atoms with van der Waals surface area (Å²) >= 11 is 0. The molecule has 0 unspecified atom stereocenters. The number of hydrogen-bond acceptors (Lipinski definition) is 4. The largest absolute Gasteiger partial charge is 0.444 e. The van der Waals surface area contributed by atoms with Crippen LogP contribution in [0.15, 0.2) is 48.5 Å². The van der Waals surface area contributed by atoms with Crippen LogP contribution in [0.4, 0.5) is 18.0 Å². The van der Waals surface area contributed by atoms with Crippen LogP contribution in [0, 0.1) is 0 Å². The molecule has 2 aromatic carbocycles. The van der Waals surface area contributed by atoms with Gasteiger partial charge in [-0.3, -0.25) is 9.69 Å². The summed E-state index contributed by atoms with van der Waals surface area (Å²) in [4.78, 5) is 30.1. The van der Waals surface area contributed by atoms with Crippen LogP contribution in [0.3, 0.4) is 0 Å². The molecule has 1 heterocycles. The van der Waals surface area contributed by atoms with Crippen LogP contribution in [-0.2, 0) is 14.9 Å². The van der Waals surface area contributed by atoms with Gasteiger partial charge in [0.25, 0.3) is 0 Å². The first-order chi connectivity index (χ1) is 18.3. The van der Waals surface area contributed by atoms with Gasteiger partial charge in [-0.15, -0.1) is 0 Å². The highest BCUT2D eigenvalue weighted by molar-refractivity contribution is 6.00. The zero-order valence-corrected chi connectivity index (χ0v) is 23.1. The SMILES string of the molecule is C[C@@H]1CN(C(=O)OC(C)(C)C)CCN1CCCCC1(C(=O)NCC(F)(F)F)c2ccccc2-c2ccccc21. The third-order valence-corrected chi connectivity index (χ3v) is 7.56. The Morgan fingerprint density at radius 2 is 1.56 bits per heavy atom. The fourth-order valence-corrected chi connectivity index (χ4v) is 5.81. The maximum Gasteiger partial charge on any atom is 0.410 e. The fraction of sp³-hybridized carbons (Fsp3) is 0.533. The van der Waals surface area contributed by atoms with Gasteiger partial charge in [-0.2, -0.15) is 13.2 Å². The van der Waals surface area contributed by atoms with Gasteiger partial charge in [0.15, 0.2) is 0 Å². The van der Waals surface area contributed by atoms with Crippen molar-refractivity contribution in [2.24, 2.45) is 0 Å². The number of fused-ring (bicyclic) bond motifs is 3. The predicted molar refractivity (Wildman–Crippen MR) is 144 cm³/mol. The van der Waals surface area contributed by atoms with Crippen molar-refractivity contribution >= 4 is 12.0 Å². The summed E-state index contributed by atoms with van der Waals surface area (Å²) < 4.78 is 44.7. The molecule has 39 heavy (non-hydrogen) atoms. The Labute approximate surface area is 228 Å². The first-order valence-corrected chi connectivity index (χ1v) is 13.6. The van der Waals surface area contributed by atoms with Crippen LogP contribution in [-0.4, -0.2) is 72.3 Å². The number of carbonyl (C=O) groups excluding carboxylic acids is 2. The van der Waals surface area contributed by atoms with E-state index in [-0.39, 0.29) is 12.1 Å². The number of hydrogen-bond donors (Lipinski definition) is 1. The number of rotatable bonds is 7. The average molecular weight is 546 g/mol. The molecule has 0 aromatic heterocycles. The van der Waals surface area contributed by atoms with Gasteiger partial charge in [-0.1, -0.05) is 55.0 Å². The number of benzene rings is 2. The summed E-state index contributed by atoms with van der Waals surface area (Å²) in [7, 11) is 0. The third-order valence-electron chi connectivity index (χ3n) is 7.56.